The van der Waals surface area contributed by atoms with E-state index in [0.29, 0.717) is 11.4 Å². The molecular formula is C22H22N2O3S. The minimum atomic E-state index is -3.79. The molecule has 0 atom stereocenters. The van der Waals surface area contributed by atoms with Gasteiger partial charge in [-0.2, -0.15) is 0 Å². The summed E-state index contributed by atoms with van der Waals surface area (Å²) in [4.78, 5) is 12.5. The fourth-order valence-electron chi connectivity index (χ4n) is 2.77. The van der Waals surface area contributed by atoms with E-state index < -0.39 is 10.0 Å². The Balaban J connectivity index is 1.82. The highest BCUT2D eigenvalue weighted by molar-refractivity contribution is 7.92. The molecule has 0 spiro atoms. The van der Waals surface area contributed by atoms with Crippen LogP contribution in [0.25, 0.3) is 0 Å². The fourth-order valence-corrected chi connectivity index (χ4v) is 4.23. The molecule has 0 aliphatic carbocycles. The van der Waals surface area contributed by atoms with Gasteiger partial charge in [-0.25, -0.2) is 8.42 Å². The number of anilines is 2. The number of rotatable bonds is 7. The lowest BCUT2D eigenvalue weighted by molar-refractivity contribution is -0.116. The fraction of sp³-hybridized carbons (Fsp3) is 0.136. The molecule has 0 fully saturated rings. The number of para-hydroxylation sites is 2. The summed E-state index contributed by atoms with van der Waals surface area (Å²) in [6, 6.07) is 24.6. The van der Waals surface area contributed by atoms with Crippen molar-refractivity contribution in [2.24, 2.45) is 0 Å². The second-order valence-electron chi connectivity index (χ2n) is 6.39. The van der Waals surface area contributed by atoms with Crippen LogP contribution in [0.4, 0.5) is 11.4 Å². The maximum atomic E-state index is 13.2. The Morgan fingerprint density at radius 1 is 0.857 bits per heavy atom. The summed E-state index contributed by atoms with van der Waals surface area (Å²) < 4.78 is 27.7. The number of nitrogens with one attached hydrogen (secondary N) is 1. The van der Waals surface area contributed by atoms with Crippen molar-refractivity contribution >= 4 is 27.3 Å². The van der Waals surface area contributed by atoms with E-state index >= 15 is 0 Å². The van der Waals surface area contributed by atoms with E-state index in [0.717, 1.165) is 5.56 Å². The van der Waals surface area contributed by atoms with E-state index in [1.807, 2.05) is 31.2 Å². The maximum absolute atomic E-state index is 13.2. The van der Waals surface area contributed by atoms with E-state index in [-0.39, 0.29) is 23.8 Å². The highest BCUT2D eigenvalue weighted by atomic mass is 32.2. The summed E-state index contributed by atoms with van der Waals surface area (Å²) >= 11 is 0. The maximum Gasteiger partial charge on any atom is 0.264 e. The van der Waals surface area contributed by atoms with Crippen LogP contribution in [-0.2, 0) is 14.8 Å². The van der Waals surface area contributed by atoms with Crippen LogP contribution >= 0.6 is 0 Å². The number of sulfonamides is 1. The van der Waals surface area contributed by atoms with Crippen molar-refractivity contribution in [3.05, 3.63) is 90.5 Å². The van der Waals surface area contributed by atoms with Gasteiger partial charge in [-0.1, -0.05) is 54.1 Å². The average Bonchev–Trinajstić information content (AvgIpc) is 2.70. The van der Waals surface area contributed by atoms with Crippen molar-refractivity contribution < 1.29 is 13.2 Å². The number of carbonyl (C=O) groups excluding carboxylic acids is 1. The summed E-state index contributed by atoms with van der Waals surface area (Å²) in [5.74, 6) is -0.244. The lowest BCUT2D eigenvalue weighted by atomic mass is 10.2. The van der Waals surface area contributed by atoms with Crippen LogP contribution in [0.1, 0.15) is 12.0 Å². The molecule has 3 aromatic carbocycles. The van der Waals surface area contributed by atoms with E-state index in [9.17, 15) is 13.2 Å². The number of aryl methyl sites for hydroxylation is 1. The van der Waals surface area contributed by atoms with Crippen LogP contribution in [0, 0.1) is 6.92 Å². The van der Waals surface area contributed by atoms with Crippen LogP contribution in [-0.4, -0.2) is 20.9 Å². The molecule has 3 rings (SSSR count). The molecule has 0 radical (unpaired) electrons. The molecule has 6 heteroatoms. The lowest BCUT2D eigenvalue weighted by Crippen LogP contribution is -2.34. The zero-order chi connectivity index (χ0) is 20.0. The number of hydrogen-bond acceptors (Lipinski definition) is 3. The summed E-state index contributed by atoms with van der Waals surface area (Å²) in [5, 5.41) is 2.79. The van der Waals surface area contributed by atoms with Gasteiger partial charge in [-0.3, -0.25) is 9.10 Å². The molecule has 0 aliphatic heterocycles. The Morgan fingerprint density at radius 2 is 1.43 bits per heavy atom. The van der Waals surface area contributed by atoms with Gasteiger partial charge in [0, 0.05) is 18.7 Å². The quantitative estimate of drug-likeness (QED) is 0.652. The third-order valence-corrected chi connectivity index (χ3v) is 6.09. The Kier molecular flexibility index (Phi) is 6.11. The molecule has 144 valence electrons. The van der Waals surface area contributed by atoms with Gasteiger partial charge < -0.3 is 5.32 Å². The normalized spacial score (nSPS) is 11.0. The van der Waals surface area contributed by atoms with Gasteiger partial charge in [0.05, 0.1) is 10.6 Å². The highest BCUT2D eigenvalue weighted by Crippen LogP contribution is 2.24. The second kappa shape index (κ2) is 8.71. The molecule has 0 heterocycles. The van der Waals surface area contributed by atoms with Gasteiger partial charge in [0.1, 0.15) is 0 Å². The molecule has 0 saturated carbocycles. The smallest absolute Gasteiger partial charge is 0.264 e. The van der Waals surface area contributed by atoms with Gasteiger partial charge in [0.15, 0.2) is 0 Å². The molecule has 0 saturated heterocycles. The average molecular weight is 394 g/mol. The van der Waals surface area contributed by atoms with Crippen molar-refractivity contribution in [1.82, 2.24) is 0 Å². The first-order chi connectivity index (χ1) is 13.5. The zero-order valence-corrected chi connectivity index (χ0v) is 16.4. The molecule has 1 N–H and O–H groups in total. The first kappa shape index (κ1) is 19.6. The van der Waals surface area contributed by atoms with Crippen molar-refractivity contribution in [3.8, 4) is 0 Å². The largest absolute Gasteiger partial charge is 0.326 e. The number of carbonyl (C=O) groups is 1. The third kappa shape index (κ3) is 4.78. The molecule has 0 aromatic heterocycles. The molecule has 3 aromatic rings. The highest BCUT2D eigenvalue weighted by Gasteiger charge is 2.25. The standard InChI is InChI=1S/C22H22N2O3S/c1-18-12-14-21(15-13-18)28(26,27)24(20-10-6-3-7-11-20)17-16-22(25)23-19-8-4-2-5-9-19/h2-15H,16-17H2,1H3,(H,23,25). The first-order valence-corrected chi connectivity index (χ1v) is 10.4. The molecule has 5 nitrogen and oxygen atoms in total. The SMILES string of the molecule is Cc1ccc(S(=O)(=O)N(CCC(=O)Nc2ccccc2)c2ccccc2)cc1. The van der Waals surface area contributed by atoms with Gasteiger partial charge >= 0.3 is 0 Å². The number of amides is 1. The summed E-state index contributed by atoms with van der Waals surface area (Å²) in [5.41, 5.74) is 2.18. The van der Waals surface area contributed by atoms with Gasteiger partial charge in [0.2, 0.25) is 5.91 Å². The van der Waals surface area contributed by atoms with Crippen molar-refractivity contribution in [3.63, 3.8) is 0 Å². The van der Waals surface area contributed by atoms with Crippen LogP contribution in [0.2, 0.25) is 0 Å². The predicted molar refractivity (Wildman–Crippen MR) is 112 cm³/mol. The van der Waals surface area contributed by atoms with Crippen molar-refractivity contribution in [2.75, 3.05) is 16.2 Å². The van der Waals surface area contributed by atoms with E-state index in [1.165, 1.54) is 4.31 Å². The third-order valence-electron chi connectivity index (χ3n) is 4.25. The van der Waals surface area contributed by atoms with Gasteiger partial charge in [0.25, 0.3) is 10.0 Å². The number of hydrogen-bond donors (Lipinski definition) is 1. The molecule has 1 amide bonds. The monoisotopic (exact) mass is 394 g/mol. The predicted octanol–water partition coefficient (Wildman–Crippen LogP) is 4.22. The van der Waals surface area contributed by atoms with E-state index in [4.69, 9.17) is 0 Å². The topological polar surface area (TPSA) is 66.5 Å². The zero-order valence-electron chi connectivity index (χ0n) is 15.6. The number of nitrogens with zero attached hydrogens (tertiary/aromatic N) is 1. The van der Waals surface area contributed by atoms with Crippen LogP contribution < -0.4 is 9.62 Å². The minimum Gasteiger partial charge on any atom is -0.326 e. The Bertz CT molecular complexity index is 1020. The van der Waals surface area contributed by atoms with Gasteiger partial charge in [-0.15, -0.1) is 0 Å². The van der Waals surface area contributed by atoms with Crippen molar-refractivity contribution in [1.29, 1.82) is 0 Å². The molecule has 0 unspecified atom stereocenters. The molecule has 0 bridgehead atoms. The van der Waals surface area contributed by atoms with Gasteiger partial charge in [-0.05, 0) is 43.3 Å². The lowest BCUT2D eigenvalue weighted by Gasteiger charge is -2.24. The summed E-state index contributed by atoms with van der Waals surface area (Å²) in [6.45, 7) is 1.94. The Morgan fingerprint density at radius 3 is 2.04 bits per heavy atom. The summed E-state index contributed by atoms with van der Waals surface area (Å²) in [7, 11) is -3.79. The molecular weight excluding hydrogens is 372 g/mol. The Labute approximate surface area is 165 Å². The molecule has 0 aliphatic rings. The van der Waals surface area contributed by atoms with E-state index in [2.05, 4.69) is 5.32 Å². The van der Waals surface area contributed by atoms with Crippen LogP contribution in [0.5, 0.6) is 0 Å². The van der Waals surface area contributed by atoms with Crippen LogP contribution in [0.3, 0.4) is 0 Å². The second-order valence-corrected chi connectivity index (χ2v) is 8.25. The molecule has 28 heavy (non-hydrogen) atoms. The van der Waals surface area contributed by atoms with Crippen molar-refractivity contribution in [2.45, 2.75) is 18.2 Å². The van der Waals surface area contributed by atoms with E-state index in [1.54, 1.807) is 60.7 Å². The van der Waals surface area contributed by atoms with Crippen LogP contribution in [0.15, 0.2) is 89.8 Å². The first-order valence-electron chi connectivity index (χ1n) is 8.96. The number of benzene rings is 3. The summed E-state index contributed by atoms with van der Waals surface area (Å²) in [6.07, 6.45) is 0.0366. The minimum absolute atomic E-state index is 0.0366. The Hall–Kier alpha value is -3.12.